The van der Waals surface area contributed by atoms with Crippen molar-refractivity contribution in [2.45, 2.75) is 37.1 Å². The van der Waals surface area contributed by atoms with E-state index in [4.69, 9.17) is 0 Å². The van der Waals surface area contributed by atoms with Crippen molar-refractivity contribution in [2.75, 3.05) is 46.3 Å². The van der Waals surface area contributed by atoms with Crippen LogP contribution in [0.4, 0.5) is 0 Å². The summed E-state index contributed by atoms with van der Waals surface area (Å²) < 4.78 is 27.4. The molecule has 0 spiro atoms. The standard InChI is InChI=1S/C25H32N4O2S/c1-27-12-5-13-28(17-16-27)20-21-6-11-25(23(18-21)19-26)22-7-9-24(10-8-22)32(30,31)29-14-3-2-4-15-29/h6-11,18H,2-5,12-17,20H2,1H3. The van der Waals surface area contributed by atoms with E-state index in [1.807, 2.05) is 24.3 Å². The van der Waals surface area contributed by atoms with Crippen molar-refractivity contribution in [3.8, 4) is 17.2 Å². The zero-order valence-electron chi connectivity index (χ0n) is 18.8. The molecule has 2 aliphatic heterocycles. The number of benzene rings is 2. The van der Waals surface area contributed by atoms with Crippen LogP contribution in [0, 0.1) is 11.3 Å². The predicted molar refractivity (Wildman–Crippen MR) is 127 cm³/mol. The van der Waals surface area contributed by atoms with E-state index in [1.54, 1.807) is 16.4 Å². The van der Waals surface area contributed by atoms with Crippen molar-refractivity contribution in [1.29, 1.82) is 5.26 Å². The first-order valence-corrected chi connectivity index (χ1v) is 13.0. The third-order valence-corrected chi connectivity index (χ3v) is 8.45. The van der Waals surface area contributed by atoms with Gasteiger partial charge >= 0.3 is 0 Å². The molecule has 0 unspecified atom stereocenters. The molecule has 0 N–H and O–H groups in total. The average Bonchev–Trinajstić information content (AvgIpc) is 3.03. The Kier molecular flexibility index (Phi) is 7.27. The summed E-state index contributed by atoms with van der Waals surface area (Å²) in [7, 11) is -1.29. The minimum atomic E-state index is -3.45. The fourth-order valence-corrected chi connectivity index (χ4v) is 6.13. The second kappa shape index (κ2) is 10.1. The Morgan fingerprint density at radius 1 is 0.875 bits per heavy atom. The van der Waals surface area contributed by atoms with Gasteiger partial charge in [-0.25, -0.2) is 8.42 Å². The zero-order chi connectivity index (χ0) is 22.6. The fourth-order valence-electron chi connectivity index (χ4n) is 4.61. The molecule has 32 heavy (non-hydrogen) atoms. The molecule has 7 heteroatoms. The Labute approximate surface area is 192 Å². The monoisotopic (exact) mass is 452 g/mol. The molecule has 4 rings (SSSR count). The number of likely N-dealkylation sites (N-methyl/N-ethyl adjacent to an activating group) is 1. The highest BCUT2D eigenvalue weighted by Gasteiger charge is 2.25. The molecule has 0 radical (unpaired) electrons. The van der Waals surface area contributed by atoms with Crippen molar-refractivity contribution in [3.63, 3.8) is 0 Å². The quantitative estimate of drug-likeness (QED) is 0.694. The molecule has 2 aromatic carbocycles. The summed E-state index contributed by atoms with van der Waals surface area (Å²) >= 11 is 0. The van der Waals surface area contributed by atoms with Crippen LogP contribution in [0.1, 0.15) is 36.8 Å². The SMILES string of the molecule is CN1CCCN(Cc2ccc(-c3ccc(S(=O)(=O)N4CCCCC4)cc3)c(C#N)c2)CC1. The van der Waals surface area contributed by atoms with Gasteiger partial charge in [-0.05, 0) is 74.3 Å². The predicted octanol–water partition coefficient (Wildman–Crippen LogP) is 3.54. The first kappa shape index (κ1) is 22.9. The number of nitriles is 1. The molecule has 2 fully saturated rings. The lowest BCUT2D eigenvalue weighted by molar-refractivity contribution is 0.269. The first-order valence-electron chi connectivity index (χ1n) is 11.5. The highest BCUT2D eigenvalue weighted by molar-refractivity contribution is 7.89. The summed E-state index contributed by atoms with van der Waals surface area (Å²) in [6.45, 7) is 6.33. The smallest absolute Gasteiger partial charge is 0.243 e. The highest BCUT2D eigenvalue weighted by Crippen LogP contribution is 2.28. The number of rotatable bonds is 5. The maximum absolute atomic E-state index is 12.9. The topological polar surface area (TPSA) is 67.7 Å². The van der Waals surface area contributed by atoms with E-state index >= 15 is 0 Å². The Balaban J connectivity index is 1.51. The zero-order valence-corrected chi connectivity index (χ0v) is 19.6. The van der Waals surface area contributed by atoms with E-state index < -0.39 is 10.0 Å². The molecular weight excluding hydrogens is 420 g/mol. The highest BCUT2D eigenvalue weighted by atomic mass is 32.2. The van der Waals surface area contributed by atoms with E-state index in [1.165, 1.54) is 0 Å². The molecule has 0 bridgehead atoms. The van der Waals surface area contributed by atoms with Crippen LogP contribution in [0.5, 0.6) is 0 Å². The van der Waals surface area contributed by atoms with Gasteiger partial charge in [0.1, 0.15) is 0 Å². The van der Waals surface area contributed by atoms with E-state index in [-0.39, 0.29) is 0 Å². The second-order valence-corrected chi connectivity index (χ2v) is 10.9. The summed E-state index contributed by atoms with van der Waals surface area (Å²) in [4.78, 5) is 5.13. The third kappa shape index (κ3) is 5.21. The molecule has 170 valence electrons. The van der Waals surface area contributed by atoms with E-state index in [0.717, 1.165) is 75.1 Å². The molecule has 6 nitrogen and oxygen atoms in total. The van der Waals surface area contributed by atoms with Gasteiger partial charge < -0.3 is 4.90 Å². The van der Waals surface area contributed by atoms with Gasteiger partial charge in [0.05, 0.1) is 16.5 Å². The average molecular weight is 453 g/mol. The van der Waals surface area contributed by atoms with Gasteiger partial charge in [0.15, 0.2) is 0 Å². The molecule has 0 aliphatic carbocycles. The molecule has 2 heterocycles. The van der Waals surface area contributed by atoms with Gasteiger partial charge in [-0.3, -0.25) is 4.90 Å². The second-order valence-electron chi connectivity index (χ2n) is 8.91. The van der Waals surface area contributed by atoms with Crippen LogP contribution < -0.4 is 0 Å². The van der Waals surface area contributed by atoms with Crippen LogP contribution in [0.3, 0.4) is 0 Å². The summed E-state index contributed by atoms with van der Waals surface area (Å²) in [6.07, 6.45) is 4.09. The summed E-state index contributed by atoms with van der Waals surface area (Å²) in [5, 5.41) is 9.77. The van der Waals surface area contributed by atoms with Crippen molar-refractivity contribution in [1.82, 2.24) is 14.1 Å². The van der Waals surface area contributed by atoms with Crippen LogP contribution in [0.15, 0.2) is 47.4 Å². The lowest BCUT2D eigenvalue weighted by Gasteiger charge is -2.25. The van der Waals surface area contributed by atoms with Crippen LogP contribution in [0.2, 0.25) is 0 Å². The summed E-state index contributed by atoms with van der Waals surface area (Å²) in [6, 6.07) is 15.4. The fraction of sp³-hybridized carbons (Fsp3) is 0.480. The van der Waals surface area contributed by atoms with Gasteiger partial charge in [-0.15, -0.1) is 0 Å². The Morgan fingerprint density at radius 3 is 2.34 bits per heavy atom. The Hall–Kier alpha value is -2.24. The van der Waals surface area contributed by atoms with E-state index in [9.17, 15) is 13.7 Å². The molecule has 0 atom stereocenters. The molecule has 2 aromatic rings. The molecule has 2 saturated heterocycles. The van der Waals surface area contributed by atoms with Crippen molar-refractivity contribution in [2.24, 2.45) is 0 Å². The Morgan fingerprint density at radius 2 is 1.62 bits per heavy atom. The van der Waals surface area contributed by atoms with Gasteiger partial charge in [0.2, 0.25) is 10.0 Å². The van der Waals surface area contributed by atoms with Crippen LogP contribution in [-0.4, -0.2) is 68.8 Å². The van der Waals surface area contributed by atoms with Crippen molar-refractivity contribution < 1.29 is 8.42 Å². The number of hydrogen-bond acceptors (Lipinski definition) is 5. The summed E-state index contributed by atoms with van der Waals surface area (Å²) in [5.74, 6) is 0. The van der Waals surface area contributed by atoms with Gasteiger partial charge in [0.25, 0.3) is 0 Å². The molecule has 0 saturated carbocycles. The van der Waals surface area contributed by atoms with Gasteiger partial charge in [0, 0.05) is 32.7 Å². The van der Waals surface area contributed by atoms with E-state index in [2.05, 4.69) is 29.0 Å². The van der Waals surface area contributed by atoms with Crippen LogP contribution >= 0.6 is 0 Å². The third-order valence-electron chi connectivity index (χ3n) is 6.54. The minimum absolute atomic E-state index is 0.324. The normalized spacial score (nSPS) is 19.4. The lowest BCUT2D eigenvalue weighted by atomic mass is 9.98. The Bertz CT molecular complexity index is 1070. The number of sulfonamides is 1. The largest absolute Gasteiger partial charge is 0.305 e. The maximum Gasteiger partial charge on any atom is 0.243 e. The van der Waals surface area contributed by atoms with Crippen LogP contribution in [-0.2, 0) is 16.6 Å². The number of nitrogens with zero attached hydrogens (tertiary/aromatic N) is 4. The number of hydrogen-bond donors (Lipinski definition) is 0. The maximum atomic E-state index is 12.9. The van der Waals surface area contributed by atoms with Gasteiger partial charge in [-0.1, -0.05) is 30.7 Å². The van der Waals surface area contributed by atoms with E-state index in [0.29, 0.717) is 23.5 Å². The van der Waals surface area contributed by atoms with Crippen molar-refractivity contribution >= 4 is 10.0 Å². The summed E-state index contributed by atoms with van der Waals surface area (Å²) in [5.41, 5.74) is 3.47. The molecule has 0 amide bonds. The van der Waals surface area contributed by atoms with Crippen LogP contribution in [0.25, 0.3) is 11.1 Å². The number of piperidine rings is 1. The first-order chi connectivity index (χ1) is 15.5. The molecule has 2 aliphatic rings. The molecule has 0 aromatic heterocycles. The van der Waals surface area contributed by atoms with Gasteiger partial charge in [-0.2, -0.15) is 9.57 Å². The minimum Gasteiger partial charge on any atom is -0.305 e. The van der Waals surface area contributed by atoms with Crippen molar-refractivity contribution in [3.05, 3.63) is 53.6 Å². The lowest BCUT2D eigenvalue weighted by Crippen LogP contribution is -2.35. The molecular formula is C25H32N4O2S.